The van der Waals surface area contributed by atoms with Gasteiger partial charge >= 0.3 is 12.1 Å². The van der Waals surface area contributed by atoms with Crippen LogP contribution in [0, 0.1) is 5.82 Å². The molecule has 0 saturated carbocycles. The molecular weight excluding hydrogens is 498 g/mol. The summed E-state index contributed by atoms with van der Waals surface area (Å²) < 4.78 is 78.2. The largest absolute Gasteiger partial charge is 0.471 e. The van der Waals surface area contributed by atoms with E-state index in [-0.39, 0.29) is 31.5 Å². The van der Waals surface area contributed by atoms with Gasteiger partial charge in [0.05, 0.1) is 15.8 Å². The molecule has 34 heavy (non-hydrogen) atoms. The molecule has 3 rings (SSSR count). The molecule has 0 bridgehead atoms. The van der Waals surface area contributed by atoms with Crippen molar-refractivity contribution in [3.63, 3.8) is 0 Å². The summed E-state index contributed by atoms with van der Waals surface area (Å²) in [5, 5.41) is 12.7. The Morgan fingerprint density at radius 1 is 1.00 bits per heavy atom. The van der Waals surface area contributed by atoms with Gasteiger partial charge in [0.1, 0.15) is 11.9 Å². The molecule has 2 atom stereocenters. The van der Waals surface area contributed by atoms with Crippen LogP contribution in [0.15, 0.2) is 76.5 Å². The molecule has 5 nitrogen and oxygen atoms in total. The van der Waals surface area contributed by atoms with Crippen LogP contribution in [0.2, 0.25) is 5.02 Å². The van der Waals surface area contributed by atoms with E-state index in [1.165, 1.54) is 55.5 Å². The molecule has 0 aromatic heterocycles. The second kappa shape index (κ2) is 9.73. The quantitative estimate of drug-likeness (QED) is 0.446. The number of nitrogens with one attached hydrogen (secondary N) is 1. The third-order valence-electron chi connectivity index (χ3n) is 5.05. The molecule has 2 N–H and O–H groups in total. The fourth-order valence-electron chi connectivity index (χ4n) is 3.27. The van der Waals surface area contributed by atoms with Crippen molar-refractivity contribution >= 4 is 27.3 Å². The number of alkyl halides is 3. The van der Waals surface area contributed by atoms with Crippen molar-refractivity contribution in [2.24, 2.45) is 0 Å². The Bertz CT molecular complexity index is 1310. The van der Waals surface area contributed by atoms with E-state index in [1.807, 2.05) is 0 Å². The molecule has 0 aliphatic rings. The summed E-state index contributed by atoms with van der Waals surface area (Å²) >= 11 is 6.00. The predicted octanol–water partition coefficient (Wildman–Crippen LogP) is 5.13. The predicted molar refractivity (Wildman–Crippen MR) is 116 cm³/mol. The van der Waals surface area contributed by atoms with Crippen LogP contribution in [0.3, 0.4) is 0 Å². The van der Waals surface area contributed by atoms with Gasteiger partial charge in [-0.2, -0.15) is 13.2 Å². The van der Waals surface area contributed by atoms with Crippen LogP contribution < -0.4 is 5.32 Å². The zero-order valence-electron chi connectivity index (χ0n) is 17.5. The van der Waals surface area contributed by atoms with Crippen LogP contribution in [0.4, 0.5) is 17.6 Å². The maximum Gasteiger partial charge on any atom is 0.471 e. The van der Waals surface area contributed by atoms with E-state index < -0.39 is 39.9 Å². The van der Waals surface area contributed by atoms with Crippen LogP contribution in [0.1, 0.15) is 35.8 Å². The standard InChI is InChI=1S/C23H18ClF4NO4S/c1-13(29-22(31)23(26,27)28)14-6-9-16(10-7-14)34(32,33)20-11-8-15(24)12-18(20)21(30)17-4-2-3-5-19(17)25/h2-13,21,30H,1H3,(H,29,31). The molecule has 1 amide bonds. The van der Waals surface area contributed by atoms with Gasteiger partial charge in [-0.25, -0.2) is 12.8 Å². The van der Waals surface area contributed by atoms with Crippen LogP contribution in [0.25, 0.3) is 0 Å². The van der Waals surface area contributed by atoms with Gasteiger partial charge in [0.2, 0.25) is 9.84 Å². The number of carbonyl (C=O) groups excluding carboxylic acids is 1. The average Bonchev–Trinajstić information content (AvgIpc) is 2.78. The summed E-state index contributed by atoms with van der Waals surface area (Å²) in [5.41, 5.74) is -0.0578. The molecule has 180 valence electrons. The van der Waals surface area contributed by atoms with Gasteiger partial charge in [-0.1, -0.05) is 41.9 Å². The van der Waals surface area contributed by atoms with Gasteiger partial charge in [0.15, 0.2) is 0 Å². The molecule has 3 aromatic rings. The SMILES string of the molecule is CC(NC(=O)C(F)(F)F)c1ccc(S(=O)(=O)c2ccc(Cl)cc2C(O)c2ccccc2F)cc1. The van der Waals surface area contributed by atoms with Crippen molar-refractivity contribution in [2.45, 2.75) is 35.0 Å². The van der Waals surface area contributed by atoms with Gasteiger partial charge < -0.3 is 10.4 Å². The first-order valence-corrected chi connectivity index (χ1v) is 11.6. The molecule has 0 spiro atoms. The minimum atomic E-state index is -5.05. The highest BCUT2D eigenvalue weighted by atomic mass is 35.5. The summed E-state index contributed by atoms with van der Waals surface area (Å²) in [6.07, 6.45) is -6.69. The van der Waals surface area contributed by atoms with E-state index >= 15 is 0 Å². The molecule has 3 aromatic carbocycles. The van der Waals surface area contributed by atoms with Gasteiger partial charge in [0, 0.05) is 16.1 Å². The Labute approximate surface area is 197 Å². The van der Waals surface area contributed by atoms with Crippen molar-refractivity contribution in [1.82, 2.24) is 5.32 Å². The molecule has 0 radical (unpaired) electrons. The monoisotopic (exact) mass is 515 g/mol. The number of aliphatic hydroxyl groups excluding tert-OH is 1. The fourth-order valence-corrected chi connectivity index (χ4v) is 4.92. The van der Waals surface area contributed by atoms with E-state index in [0.717, 1.165) is 18.2 Å². The van der Waals surface area contributed by atoms with Gasteiger partial charge in [-0.05, 0) is 48.9 Å². The molecule has 0 fully saturated rings. The molecule has 2 unspecified atom stereocenters. The van der Waals surface area contributed by atoms with Crippen molar-refractivity contribution in [3.8, 4) is 0 Å². The fraction of sp³-hybridized carbons (Fsp3) is 0.174. The van der Waals surface area contributed by atoms with Gasteiger partial charge in [-0.3, -0.25) is 4.79 Å². The zero-order valence-corrected chi connectivity index (χ0v) is 19.0. The van der Waals surface area contributed by atoms with Crippen LogP contribution in [-0.2, 0) is 14.6 Å². The van der Waals surface area contributed by atoms with Crippen LogP contribution >= 0.6 is 11.6 Å². The summed E-state index contributed by atoms with van der Waals surface area (Å²) in [4.78, 5) is 10.6. The lowest BCUT2D eigenvalue weighted by Gasteiger charge is -2.18. The second-order valence-corrected chi connectivity index (χ2v) is 9.73. The molecule has 0 saturated heterocycles. The minimum absolute atomic E-state index is 0.119. The van der Waals surface area contributed by atoms with Crippen molar-refractivity contribution in [1.29, 1.82) is 0 Å². The van der Waals surface area contributed by atoms with E-state index in [2.05, 4.69) is 0 Å². The highest BCUT2D eigenvalue weighted by Crippen LogP contribution is 2.34. The number of aliphatic hydroxyl groups is 1. The third-order valence-corrected chi connectivity index (χ3v) is 7.13. The lowest BCUT2D eigenvalue weighted by atomic mass is 10.0. The number of sulfone groups is 1. The first kappa shape index (κ1) is 25.7. The number of hydrogen-bond acceptors (Lipinski definition) is 4. The van der Waals surface area contributed by atoms with E-state index in [9.17, 15) is 35.9 Å². The number of amides is 1. The second-order valence-electron chi connectivity index (χ2n) is 7.37. The highest BCUT2D eigenvalue weighted by Gasteiger charge is 2.39. The Hall–Kier alpha value is -2.95. The van der Waals surface area contributed by atoms with Gasteiger partial charge in [-0.15, -0.1) is 0 Å². The smallest absolute Gasteiger partial charge is 0.384 e. The highest BCUT2D eigenvalue weighted by molar-refractivity contribution is 7.91. The number of hydrogen-bond donors (Lipinski definition) is 2. The maximum atomic E-state index is 14.2. The Kier molecular flexibility index (Phi) is 7.35. The third kappa shape index (κ3) is 5.40. The van der Waals surface area contributed by atoms with E-state index in [1.54, 1.807) is 5.32 Å². The van der Waals surface area contributed by atoms with E-state index in [4.69, 9.17) is 11.6 Å². The maximum absolute atomic E-state index is 14.2. The summed E-state index contributed by atoms with van der Waals surface area (Å²) in [6.45, 7) is 1.31. The van der Waals surface area contributed by atoms with Crippen LogP contribution in [0.5, 0.6) is 0 Å². The molecule has 0 aliphatic heterocycles. The summed E-state index contributed by atoms with van der Waals surface area (Å²) in [6, 6.07) is 12.8. The van der Waals surface area contributed by atoms with Gasteiger partial charge in [0.25, 0.3) is 0 Å². The molecule has 11 heteroatoms. The average molecular weight is 516 g/mol. The van der Waals surface area contributed by atoms with Crippen molar-refractivity contribution in [3.05, 3.63) is 94.3 Å². The molecular formula is C23H18ClF4NO4S. The first-order valence-electron chi connectivity index (χ1n) is 9.77. The van der Waals surface area contributed by atoms with Crippen LogP contribution in [-0.4, -0.2) is 25.6 Å². The Balaban J connectivity index is 1.97. The normalized spacial score (nSPS) is 13.9. The van der Waals surface area contributed by atoms with Crippen molar-refractivity contribution < 1.29 is 35.9 Å². The molecule has 0 heterocycles. The lowest BCUT2D eigenvalue weighted by Crippen LogP contribution is -2.38. The zero-order chi connectivity index (χ0) is 25.3. The minimum Gasteiger partial charge on any atom is -0.384 e. The number of halogens is 5. The number of carbonyl (C=O) groups is 1. The molecule has 0 aliphatic carbocycles. The topological polar surface area (TPSA) is 83.5 Å². The summed E-state index contributed by atoms with van der Waals surface area (Å²) in [5.74, 6) is -2.86. The Morgan fingerprint density at radius 2 is 1.62 bits per heavy atom. The van der Waals surface area contributed by atoms with E-state index in [0.29, 0.717) is 0 Å². The number of rotatable bonds is 6. The Morgan fingerprint density at radius 3 is 2.21 bits per heavy atom. The summed E-state index contributed by atoms with van der Waals surface area (Å²) in [7, 11) is -4.25. The first-order chi connectivity index (χ1) is 15.8. The van der Waals surface area contributed by atoms with Crippen molar-refractivity contribution in [2.75, 3.05) is 0 Å². The lowest BCUT2D eigenvalue weighted by molar-refractivity contribution is -0.174. The number of benzene rings is 3.